The fourth-order valence-corrected chi connectivity index (χ4v) is 3.79. The van der Waals surface area contributed by atoms with E-state index in [-0.39, 0.29) is 0 Å². The van der Waals surface area contributed by atoms with Gasteiger partial charge in [-0.3, -0.25) is 0 Å². The summed E-state index contributed by atoms with van der Waals surface area (Å²) in [6.07, 6.45) is 4.60. The fourth-order valence-electron chi connectivity index (χ4n) is 3.79. The summed E-state index contributed by atoms with van der Waals surface area (Å²) in [5, 5.41) is 0. The highest BCUT2D eigenvalue weighted by Crippen LogP contribution is 2.66. The first-order valence-corrected chi connectivity index (χ1v) is 6.78. The van der Waals surface area contributed by atoms with Crippen LogP contribution in [0.1, 0.15) is 40.0 Å². The lowest BCUT2D eigenvalue weighted by atomic mass is 9.70. The Kier molecular flexibility index (Phi) is 3.09. The molecule has 0 aromatic carbocycles. The van der Waals surface area contributed by atoms with Crippen LogP contribution in [0.3, 0.4) is 0 Å². The van der Waals surface area contributed by atoms with Crippen LogP contribution in [0.15, 0.2) is 0 Å². The molecule has 94 valence electrons. The van der Waals surface area contributed by atoms with Gasteiger partial charge in [0.25, 0.3) is 0 Å². The van der Waals surface area contributed by atoms with Gasteiger partial charge in [0.05, 0.1) is 26.8 Å². The molecule has 0 radical (unpaired) electrons. The molecule has 2 aliphatic carbocycles. The van der Waals surface area contributed by atoms with E-state index in [4.69, 9.17) is 4.74 Å². The third-order valence-electron chi connectivity index (χ3n) is 5.64. The predicted molar refractivity (Wildman–Crippen MR) is 66.6 cm³/mol. The average molecular weight is 226 g/mol. The standard InChI is InChI=1S/C14H27NO/c1-13(2)11-6-7-14(13,3)12(10-11)16-9-8-15(4)5/h11-12H,6-10H2,1-5H3/p+1/t11-,12-,14-/m0/s1. The Labute approximate surface area is 100 Å². The van der Waals surface area contributed by atoms with Gasteiger partial charge in [-0.15, -0.1) is 0 Å². The summed E-state index contributed by atoms with van der Waals surface area (Å²) >= 11 is 0. The molecule has 16 heavy (non-hydrogen) atoms. The molecule has 2 saturated carbocycles. The molecule has 0 saturated heterocycles. The van der Waals surface area contributed by atoms with Crippen molar-refractivity contribution in [2.75, 3.05) is 27.2 Å². The minimum Gasteiger partial charge on any atom is -0.372 e. The Morgan fingerprint density at radius 3 is 2.38 bits per heavy atom. The topological polar surface area (TPSA) is 13.7 Å². The number of ether oxygens (including phenoxy) is 1. The second-order valence-electron chi connectivity index (χ2n) is 6.93. The van der Waals surface area contributed by atoms with Gasteiger partial charge in [-0.1, -0.05) is 20.8 Å². The molecular formula is C14H28NO+. The van der Waals surface area contributed by atoms with Gasteiger partial charge >= 0.3 is 0 Å². The van der Waals surface area contributed by atoms with Gasteiger partial charge in [0.15, 0.2) is 0 Å². The molecule has 0 aromatic heterocycles. The summed E-state index contributed by atoms with van der Waals surface area (Å²) in [6, 6.07) is 0. The average Bonchev–Trinajstić information content (AvgIpc) is 2.49. The highest BCUT2D eigenvalue weighted by molar-refractivity contribution is 5.11. The van der Waals surface area contributed by atoms with E-state index in [9.17, 15) is 0 Å². The summed E-state index contributed by atoms with van der Waals surface area (Å²) in [5.41, 5.74) is 0.919. The molecule has 0 amide bonds. The Balaban J connectivity index is 1.94. The van der Waals surface area contributed by atoms with Crippen LogP contribution in [-0.4, -0.2) is 33.4 Å². The molecule has 0 aromatic rings. The largest absolute Gasteiger partial charge is 0.372 e. The Morgan fingerprint density at radius 1 is 1.25 bits per heavy atom. The first-order valence-electron chi connectivity index (χ1n) is 6.78. The van der Waals surface area contributed by atoms with Crippen molar-refractivity contribution in [3.8, 4) is 0 Å². The van der Waals surface area contributed by atoms with Gasteiger partial charge in [-0.2, -0.15) is 0 Å². The molecule has 0 spiro atoms. The molecule has 2 aliphatic rings. The lowest BCUT2D eigenvalue weighted by molar-refractivity contribution is -0.858. The minimum absolute atomic E-state index is 0.430. The summed E-state index contributed by atoms with van der Waals surface area (Å²) < 4.78 is 6.17. The number of rotatable bonds is 4. The van der Waals surface area contributed by atoms with E-state index in [0.29, 0.717) is 16.9 Å². The van der Waals surface area contributed by atoms with Crippen LogP contribution < -0.4 is 4.90 Å². The van der Waals surface area contributed by atoms with Crippen LogP contribution >= 0.6 is 0 Å². The molecule has 0 unspecified atom stereocenters. The van der Waals surface area contributed by atoms with Crippen LogP contribution in [0.5, 0.6) is 0 Å². The number of hydrogen-bond donors (Lipinski definition) is 1. The van der Waals surface area contributed by atoms with Crippen LogP contribution in [0, 0.1) is 16.7 Å². The molecular weight excluding hydrogens is 198 g/mol. The normalized spacial score (nSPS) is 40.9. The van der Waals surface area contributed by atoms with Crippen molar-refractivity contribution in [2.45, 2.75) is 46.1 Å². The first-order chi connectivity index (χ1) is 7.38. The number of hydrogen-bond acceptors (Lipinski definition) is 1. The molecule has 0 heterocycles. The molecule has 2 rings (SSSR count). The van der Waals surface area contributed by atoms with E-state index < -0.39 is 0 Å². The predicted octanol–water partition coefficient (Wildman–Crippen LogP) is 1.36. The zero-order valence-electron chi connectivity index (χ0n) is 11.6. The van der Waals surface area contributed by atoms with Gasteiger partial charge < -0.3 is 9.64 Å². The third-order valence-corrected chi connectivity index (χ3v) is 5.64. The second kappa shape index (κ2) is 3.99. The number of fused-ring (bicyclic) bond motifs is 2. The van der Waals surface area contributed by atoms with Crippen molar-refractivity contribution in [2.24, 2.45) is 16.7 Å². The van der Waals surface area contributed by atoms with Gasteiger partial charge in [0.1, 0.15) is 6.54 Å². The molecule has 2 fully saturated rings. The highest BCUT2D eigenvalue weighted by Gasteiger charge is 2.61. The molecule has 0 aliphatic heterocycles. The van der Waals surface area contributed by atoms with Crippen LogP contribution in [0.2, 0.25) is 0 Å². The zero-order chi connectivity index (χ0) is 12.0. The van der Waals surface area contributed by atoms with Crippen molar-refractivity contribution in [3.63, 3.8) is 0 Å². The highest BCUT2D eigenvalue weighted by atomic mass is 16.5. The molecule has 1 N–H and O–H groups in total. The third kappa shape index (κ3) is 1.70. The maximum atomic E-state index is 6.17. The number of likely N-dealkylation sites (N-methyl/N-ethyl adjacent to an activating group) is 1. The SMILES string of the molecule is C[NH+](C)CCO[C@H]1C[C@@H]2CC[C@]1(C)C2(C)C. The Morgan fingerprint density at radius 2 is 1.94 bits per heavy atom. The van der Waals surface area contributed by atoms with E-state index >= 15 is 0 Å². The van der Waals surface area contributed by atoms with Crippen molar-refractivity contribution in [3.05, 3.63) is 0 Å². The summed E-state index contributed by atoms with van der Waals surface area (Å²) in [7, 11) is 4.38. The number of nitrogens with one attached hydrogen (secondary N) is 1. The monoisotopic (exact) mass is 226 g/mol. The lowest BCUT2D eigenvalue weighted by Crippen LogP contribution is -3.06. The summed E-state index contributed by atoms with van der Waals surface area (Å²) in [6.45, 7) is 9.40. The van der Waals surface area contributed by atoms with Crippen LogP contribution in [0.25, 0.3) is 0 Å². The van der Waals surface area contributed by atoms with Crippen molar-refractivity contribution in [1.29, 1.82) is 0 Å². The van der Waals surface area contributed by atoms with Crippen LogP contribution in [0.4, 0.5) is 0 Å². The van der Waals surface area contributed by atoms with Crippen LogP contribution in [-0.2, 0) is 4.74 Å². The van der Waals surface area contributed by atoms with Gasteiger partial charge in [-0.05, 0) is 36.0 Å². The van der Waals surface area contributed by atoms with E-state index in [2.05, 4.69) is 34.9 Å². The van der Waals surface area contributed by atoms with Crippen molar-refractivity contribution in [1.82, 2.24) is 0 Å². The van der Waals surface area contributed by atoms with Crippen molar-refractivity contribution < 1.29 is 9.64 Å². The maximum absolute atomic E-state index is 6.17. The summed E-state index contributed by atoms with van der Waals surface area (Å²) in [5.74, 6) is 0.897. The van der Waals surface area contributed by atoms with Crippen molar-refractivity contribution >= 4 is 0 Å². The van der Waals surface area contributed by atoms with E-state index in [0.717, 1.165) is 19.1 Å². The maximum Gasteiger partial charge on any atom is 0.100 e. The number of quaternary nitrogens is 1. The zero-order valence-corrected chi connectivity index (χ0v) is 11.6. The Bertz CT molecular complexity index is 261. The second-order valence-corrected chi connectivity index (χ2v) is 6.93. The molecule has 3 atom stereocenters. The molecule has 2 nitrogen and oxygen atoms in total. The molecule has 2 heteroatoms. The smallest absolute Gasteiger partial charge is 0.100 e. The minimum atomic E-state index is 0.430. The van der Waals surface area contributed by atoms with E-state index in [1.54, 1.807) is 0 Å². The first kappa shape index (κ1) is 12.4. The quantitative estimate of drug-likeness (QED) is 0.764. The van der Waals surface area contributed by atoms with E-state index in [1.807, 2.05) is 0 Å². The van der Waals surface area contributed by atoms with E-state index in [1.165, 1.54) is 24.2 Å². The fraction of sp³-hybridized carbons (Fsp3) is 1.00. The molecule has 2 bridgehead atoms. The van der Waals surface area contributed by atoms with Gasteiger partial charge in [-0.25, -0.2) is 0 Å². The van der Waals surface area contributed by atoms with Gasteiger partial charge in [0, 0.05) is 0 Å². The lowest BCUT2D eigenvalue weighted by Gasteiger charge is -2.38. The van der Waals surface area contributed by atoms with Gasteiger partial charge in [0.2, 0.25) is 0 Å². The summed E-state index contributed by atoms with van der Waals surface area (Å²) in [4.78, 5) is 1.48. The Hall–Kier alpha value is -0.0800.